The van der Waals surface area contributed by atoms with E-state index in [9.17, 15) is 10.1 Å². The number of rotatable bonds is 7. The molecule has 1 aliphatic heterocycles. The molecule has 8 nitrogen and oxygen atoms in total. The number of morpholine rings is 1. The predicted octanol–water partition coefficient (Wildman–Crippen LogP) is 3.45. The summed E-state index contributed by atoms with van der Waals surface area (Å²) in [5.41, 5.74) is 2.09. The number of hydrogen-bond acceptors (Lipinski definition) is 7. The summed E-state index contributed by atoms with van der Waals surface area (Å²) in [6.45, 7) is 5.11. The Morgan fingerprint density at radius 2 is 1.94 bits per heavy atom. The smallest absolute Gasteiger partial charge is 0.270 e. The number of ether oxygens (including phenoxy) is 1. The number of benzene rings is 2. The molecule has 0 bridgehead atoms. The Morgan fingerprint density at radius 3 is 2.69 bits per heavy atom. The SMILES string of the molecule is N#Cc1c(-c2cccc(NCCN3CCOCC3)c2)nc(Nc2ccc(Cl)cc2)[nH]c1=O. The Hall–Kier alpha value is -3.38. The molecule has 1 saturated heterocycles. The summed E-state index contributed by atoms with van der Waals surface area (Å²) >= 11 is 5.93. The van der Waals surface area contributed by atoms with Crippen LogP contribution in [0.1, 0.15) is 5.56 Å². The lowest BCUT2D eigenvalue weighted by atomic mass is 10.1. The van der Waals surface area contributed by atoms with Crippen LogP contribution in [0.4, 0.5) is 17.3 Å². The third kappa shape index (κ3) is 5.45. The molecule has 0 aliphatic carbocycles. The van der Waals surface area contributed by atoms with Crippen LogP contribution in [0.15, 0.2) is 53.3 Å². The van der Waals surface area contributed by atoms with Crippen LogP contribution >= 0.6 is 11.6 Å². The highest BCUT2D eigenvalue weighted by atomic mass is 35.5. The average molecular weight is 451 g/mol. The van der Waals surface area contributed by atoms with Gasteiger partial charge in [-0.25, -0.2) is 4.98 Å². The van der Waals surface area contributed by atoms with Gasteiger partial charge in [-0.1, -0.05) is 23.7 Å². The van der Waals surface area contributed by atoms with Gasteiger partial charge >= 0.3 is 0 Å². The first-order valence-corrected chi connectivity index (χ1v) is 10.7. The normalized spacial score (nSPS) is 14.0. The predicted molar refractivity (Wildman–Crippen MR) is 125 cm³/mol. The van der Waals surface area contributed by atoms with E-state index >= 15 is 0 Å². The van der Waals surface area contributed by atoms with Crippen LogP contribution < -0.4 is 16.2 Å². The molecule has 0 amide bonds. The van der Waals surface area contributed by atoms with Crippen molar-refractivity contribution in [3.8, 4) is 17.3 Å². The van der Waals surface area contributed by atoms with Crippen LogP contribution in [0.5, 0.6) is 0 Å². The van der Waals surface area contributed by atoms with Crippen molar-refractivity contribution in [3.05, 3.63) is 69.5 Å². The van der Waals surface area contributed by atoms with Crippen molar-refractivity contribution in [2.75, 3.05) is 50.0 Å². The van der Waals surface area contributed by atoms with Crippen LogP contribution in [-0.2, 0) is 4.74 Å². The zero-order valence-electron chi connectivity index (χ0n) is 17.4. The third-order valence-corrected chi connectivity index (χ3v) is 5.39. The molecule has 3 aromatic rings. The van der Waals surface area contributed by atoms with Gasteiger partial charge in [-0.3, -0.25) is 14.7 Å². The highest BCUT2D eigenvalue weighted by Crippen LogP contribution is 2.24. The molecule has 0 atom stereocenters. The lowest BCUT2D eigenvalue weighted by molar-refractivity contribution is 0.0398. The fourth-order valence-corrected chi connectivity index (χ4v) is 3.60. The highest BCUT2D eigenvalue weighted by molar-refractivity contribution is 6.30. The number of aromatic amines is 1. The Bertz CT molecular complexity index is 1170. The topological polar surface area (TPSA) is 106 Å². The maximum Gasteiger partial charge on any atom is 0.270 e. The number of nitrogens with one attached hydrogen (secondary N) is 3. The first kappa shape index (κ1) is 21.8. The maximum absolute atomic E-state index is 12.5. The largest absolute Gasteiger partial charge is 0.384 e. The second-order valence-corrected chi connectivity index (χ2v) is 7.78. The van der Waals surface area contributed by atoms with Gasteiger partial charge in [-0.15, -0.1) is 0 Å². The molecule has 0 spiro atoms. The Morgan fingerprint density at radius 1 is 1.16 bits per heavy atom. The van der Waals surface area contributed by atoms with Crippen molar-refractivity contribution >= 4 is 28.9 Å². The lowest BCUT2D eigenvalue weighted by Crippen LogP contribution is -2.39. The number of nitrogens with zero attached hydrogens (tertiary/aromatic N) is 3. The van der Waals surface area contributed by atoms with Crippen LogP contribution in [0.3, 0.4) is 0 Å². The van der Waals surface area contributed by atoms with Gasteiger partial charge in [0.25, 0.3) is 5.56 Å². The van der Waals surface area contributed by atoms with Gasteiger partial charge in [0.15, 0.2) is 0 Å². The van der Waals surface area contributed by atoms with Crippen molar-refractivity contribution in [3.63, 3.8) is 0 Å². The summed E-state index contributed by atoms with van der Waals surface area (Å²) in [6.07, 6.45) is 0. The monoisotopic (exact) mass is 450 g/mol. The minimum absolute atomic E-state index is 0.0304. The molecule has 0 saturated carbocycles. The summed E-state index contributed by atoms with van der Waals surface area (Å²) < 4.78 is 5.38. The molecule has 0 radical (unpaired) electrons. The lowest BCUT2D eigenvalue weighted by Gasteiger charge is -2.26. The molecule has 2 heterocycles. The Labute approximate surface area is 190 Å². The Kier molecular flexibility index (Phi) is 7.02. The fraction of sp³-hybridized carbons (Fsp3) is 0.261. The first-order chi connectivity index (χ1) is 15.6. The quantitative estimate of drug-likeness (QED) is 0.506. The van der Waals surface area contributed by atoms with Crippen molar-refractivity contribution in [1.82, 2.24) is 14.9 Å². The van der Waals surface area contributed by atoms with E-state index in [1.54, 1.807) is 24.3 Å². The number of aromatic nitrogens is 2. The van der Waals surface area contributed by atoms with E-state index < -0.39 is 5.56 Å². The molecular formula is C23H23ClN6O2. The summed E-state index contributed by atoms with van der Waals surface area (Å²) in [5, 5.41) is 16.6. The summed E-state index contributed by atoms with van der Waals surface area (Å²) in [4.78, 5) is 22.0. The van der Waals surface area contributed by atoms with E-state index in [-0.39, 0.29) is 11.5 Å². The zero-order chi connectivity index (χ0) is 22.3. The van der Waals surface area contributed by atoms with E-state index in [2.05, 4.69) is 25.5 Å². The van der Waals surface area contributed by atoms with Gasteiger partial charge in [0.2, 0.25) is 5.95 Å². The summed E-state index contributed by atoms with van der Waals surface area (Å²) in [6, 6.07) is 16.6. The molecule has 9 heteroatoms. The first-order valence-electron chi connectivity index (χ1n) is 10.3. The van der Waals surface area contributed by atoms with Gasteiger partial charge in [-0.05, 0) is 36.4 Å². The van der Waals surface area contributed by atoms with Gasteiger partial charge in [-0.2, -0.15) is 5.26 Å². The maximum atomic E-state index is 12.5. The second-order valence-electron chi connectivity index (χ2n) is 7.34. The number of nitriles is 1. The van der Waals surface area contributed by atoms with Crippen LogP contribution in [0, 0.1) is 11.3 Å². The van der Waals surface area contributed by atoms with Crippen molar-refractivity contribution in [2.45, 2.75) is 0 Å². The third-order valence-electron chi connectivity index (χ3n) is 5.14. The molecule has 1 aliphatic rings. The van der Waals surface area contributed by atoms with Gasteiger partial charge < -0.3 is 15.4 Å². The Balaban J connectivity index is 1.54. The van der Waals surface area contributed by atoms with Gasteiger partial charge in [0, 0.05) is 48.1 Å². The van der Waals surface area contributed by atoms with E-state index in [0.29, 0.717) is 22.0 Å². The minimum Gasteiger partial charge on any atom is -0.384 e. The van der Waals surface area contributed by atoms with Crippen LogP contribution in [-0.4, -0.2) is 54.3 Å². The number of H-pyrrole nitrogens is 1. The average Bonchev–Trinajstić information content (AvgIpc) is 2.81. The van der Waals surface area contributed by atoms with Crippen molar-refractivity contribution < 1.29 is 4.74 Å². The molecule has 2 aromatic carbocycles. The molecule has 0 unspecified atom stereocenters. The van der Waals surface area contributed by atoms with Crippen LogP contribution in [0.25, 0.3) is 11.3 Å². The van der Waals surface area contributed by atoms with Crippen molar-refractivity contribution in [1.29, 1.82) is 5.26 Å². The van der Waals surface area contributed by atoms with E-state index in [0.717, 1.165) is 45.1 Å². The van der Waals surface area contributed by atoms with E-state index in [1.165, 1.54) is 0 Å². The highest BCUT2D eigenvalue weighted by Gasteiger charge is 2.14. The second kappa shape index (κ2) is 10.3. The van der Waals surface area contributed by atoms with Crippen LogP contribution in [0.2, 0.25) is 5.02 Å². The molecule has 4 rings (SSSR count). The summed E-state index contributed by atoms with van der Waals surface area (Å²) in [7, 11) is 0. The molecule has 1 fully saturated rings. The van der Waals surface area contributed by atoms with Gasteiger partial charge in [0.1, 0.15) is 11.6 Å². The van der Waals surface area contributed by atoms with Crippen molar-refractivity contribution in [2.24, 2.45) is 0 Å². The standard InChI is InChI=1S/C23H23ClN6O2/c24-17-4-6-18(7-5-17)27-23-28-21(20(15-25)22(31)29-23)16-2-1-3-19(14-16)26-8-9-30-10-12-32-13-11-30/h1-7,14,26H,8-13H2,(H2,27,28,29,31). The molecule has 164 valence electrons. The van der Waals surface area contributed by atoms with Gasteiger partial charge in [0.05, 0.1) is 18.9 Å². The minimum atomic E-state index is -0.500. The van der Waals surface area contributed by atoms with E-state index in [1.807, 2.05) is 30.3 Å². The number of anilines is 3. The number of halogens is 1. The number of hydrogen-bond donors (Lipinski definition) is 3. The summed E-state index contributed by atoms with van der Waals surface area (Å²) in [5.74, 6) is 0.247. The fourth-order valence-electron chi connectivity index (χ4n) is 3.47. The molecule has 3 N–H and O–H groups in total. The molecular weight excluding hydrogens is 428 g/mol. The zero-order valence-corrected chi connectivity index (χ0v) is 18.2. The molecule has 1 aromatic heterocycles. The van der Waals surface area contributed by atoms with E-state index in [4.69, 9.17) is 16.3 Å². The molecule has 32 heavy (non-hydrogen) atoms.